The van der Waals surface area contributed by atoms with Crippen LogP contribution in [0.1, 0.15) is 37.5 Å². The fourth-order valence-corrected chi connectivity index (χ4v) is 4.27. The predicted molar refractivity (Wildman–Crippen MR) is 128 cm³/mol. The van der Waals surface area contributed by atoms with E-state index in [9.17, 15) is 4.79 Å². The molecular weight excluding hydrogens is 390 g/mol. The third kappa shape index (κ3) is 4.31. The molecule has 160 valence electrons. The van der Waals surface area contributed by atoms with Crippen LogP contribution in [0.4, 0.5) is 0 Å². The van der Waals surface area contributed by atoms with Crippen molar-refractivity contribution in [1.29, 1.82) is 0 Å². The first-order chi connectivity index (χ1) is 13.9. The molecule has 3 aromatic rings. The van der Waals surface area contributed by atoms with Crippen molar-refractivity contribution in [2.24, 2.45) is 0 Å². The molecule has 0 N–H and O–H groups in total. The Hall–Kier alpha value is -2.53. The Morgan fingerprint density at radius 2 is 1.57 bits per heavy atom. The summed E-state index contributed by atoms with van der Waals surface area (Å²) < 4.78 is 14.0. The molecular formula is C25H33NO3Si. The lowest BCUT2D eigenvalue weighted by atomic mass is 10.1. The number of benzene rings is 2. The summed E-state index contributed by atoms with van der Waals surface area (Å²) in [6.45, 7) is 15.9. The molecule has 0 spiro atoms. The van der Waals surface area contributed by atoms with Gasteiger partial charge in [-0.15, -0.1) is 0 Å². The van der Waals surface area contributed by atoms with Gasteiger partial charge >= 0.3 is 0 Å². The number of aromatic nitrogens is 1. The van der Waals surface area contributed by atoms with Crippen molar-refractivity contribution in [1.82, 2.24) is 4.57 Å². The lowest BCUT2D eigenvalue weighted by Gasteiger charge is -2.36. The van der Waals surface area contributed by atoms with Crippen molar-refractivity contribution in [2.45, 2.75) is 59.3 Å². The molecule has 2 aromatic carbocycles. The number of nitrogens with zero attached hydrogens (tertiary/aromatic N) is 1. The zero-order valence-electron chi connectivity index (χ0n) is 19.4. The van der Waals surface area contributed by atoms with Crippen LogP contribution < -0.4 is 14.6 Å². The molecule has 0 aliphatic rings. The average molecular weight is 424 g/mol. The summed E-state index contributed by atoms with van der Waals surface area (Å²) in [5.41, 5.74) is 4.27. The second-order valence-corrected chi connectivity index (χ2v) is 14.3. The third-order valence-corrected chi connectivity index (χ3v) is 10.7. The predicted octanol–water partition coefficient (Wildman–Crippen LogP) is 6.06. The van der Waals surface area contributed by atoms with E-state index in [0.717, 1.165) is 33.3 Å². The summed E-state index contributed by atoms with van der Waals surface area (Å²) in [5.74, 6) is 1.48. The highest BCUT2D eigenvalue weighted by Gasteiger charge is 2.38. The lowest BCUT2D eigenvalue weighted by Crippen LogP contribution is -2.43. The minimum absolute atomic E-state index is 0.0145. The van der Waals surface area contributed by atoms with Crippen molar-refractivity contribution in [3.63, 3.8) is 0 Å². The fourth-order valence-electron chi connectivity index (χ4n) is 3.23. The van der Waals surface area contributed by atoms with Gasteiger partial charge in [-0.1, -0.05) is 32.9 Å². The van der Waals surface area contributed by atoms with Crippen molar-refractivity contribution < 1.29 is 9.16 Å². The highest BCUT2D eigenvalue weighted by molar-refractivity contribution is 6.74. The number of ether oxygens (including phenoxy) is 1. The van der Waals surface area contributed by atoms with E-state index in [1.54, 1.807) is 13.2 Å². The Bertz CT molecular complexity index is 1120. The van der Waals surface area contributed by atoms with E-state index in [-0.39, 0.29) is 10.5 Å². The van der Waals surface area contributed by atoms with Crippen LogP contribution in [0.3, 0.4) is 0 Å². The Morgan fingerprint density at radius 1 is 0.967 bits per heavy atom. The number of rotatable bonds is 5. The van der Waals surface area contributed by atoms with E-state index >= 15 is 0 Å². The lowest BCUT2D eigenvalue weighted by molar-refractivity contribution is 0.376. The Kier molecular flexibility index (Phi) is 5.87. The normalized spacial score (nSPS) is 12.3. The molecule has 0 amide bonds. The summed E-state index contributed by atoms with van der Waals surface area (Å²) in [6, 6.07) is 13.9. The molecule has 0 saturated heterocycles. The van der Waals surface area contributed by atoms with Crippen molar-refractivity contribution >= 4 is 19.2 Å². The molecule has 30 heavy (non-hydrogen) atoms. The molecule has 0 atom stereocenters. The fraction of sp³-hybridized carbons (Fsp3) is 0.400. The van der Waals surface area contributed by atoms with Gasteiger partial charge in [0.2, 0.25) is 8.32 Å². The van der Waals surface area contributed by atoms with Crippen LogP contribution in [0, 0.1) is 13.8 Å². The molecule has 0 saturated carbocycles. The summed E-state index contributed by atoms with van der Waals surface area (Å²) in [5, 5.41) is 0.876. The molecule has 0 aliphatic carbocycles. The first-order valence-electron chi connectivity index (χ1n) is 10.4. The smallest absolute Gasteiger partial charge is 0.250 e. The van der Waals surface area contributed by atoms with E-state index < -0.39 is 8.32 Å². The Labute approximate surface area is 180 Å². The first-order valence-corrected chi connectivity index (χ1v) is 13.3. The van der Waals surface area contributed by atoms with Gasteiger partial charge in [0.15, 0.2) is 11.3 Å². The Morgan fingerprint density at radius 3 is 2.13 bits per heavy atom. The van der Waals surface area contributed by atoms with Gasteiger partial charge in [0.1, 0.15) is 5.75 Å². The van der Waals surface area contributed by atoms with Crippen LogP contribution in [0.15, 0.2) is 47.3 Å². The van der Waals surface area contributed by atoms with E-state index in [1.165, 1.54) is 0 Å². The number of hydrogen-bond donors (Lipinski definition) is 0. The van der Waals surface area contributed by atoms with Crippen molar-refractivity contribution in [2.75, 3.05) is 7.11 Å². The highest BCUT2D eigenvalue weighted by Crippen LogP contribution is 2.37. The minimum Gasteiger partial charge on any atom is -0.544 e. The van der Waals surface area contributed by atoms with Gasteiger partial charge in [0.05, 0.1) is 19.2 Å². The van der Waals surface area contributed by atoms with Crippen molar-refractivity contribution in [3.8, 4) is 11.6 Å². The number of pyridine rings is 1. The molecule has 0 fully saturated rings. The van der Waals surface area contributed by atoms with E-state index in [0.29, 0.717) is 12.4 Å². The summed E-state index contributed by atoms with van der Waals surface area (Å²) >= 11 is 0. The van der Waals surface area contributed by atoms with Crippen LogP contribution in [-0.2, 0) is 6.54 Å². The quantitative estimate of drug-likeness (QED) is 0.468. The van der Waals surface area contributed by atoms with Crippen LogP contribution in [0.2, 0.25) is 18.1 Å². The highest BCUT2D eigenvalue weighted by atomic mass is 28.4. The minimum atomic E-state index is -1.87. The summed E-state index contributed by atoms with van der Waals surface area (Å²) in [4.78, 5) is 12.6. The van der Waals surface area contributed by atoms with E-state index in [1.807, 2.05) is 25.1 Å². The number of methoxy groups -OCH3 is 1. The zero-order chi connectivity index (χ0) is 22.3. The van der Waals surface area contributed by atoms with Gasteiger partial charge in [-0.25, -0.2) is 0 Å². The molecule has 1 heterocycles. The maximum Gasteiger partial charge on any atom is 0.250 e. The van der Waals surface area contributed by atoms with Crippen LogP contribution in [0.5, 0.6) is 11.6 Å². The molecule has 0 bridgehead atoms. The zero-order valence-corrected chi connectivity index (χ0v) is 20.4. The molecule has 5 heteroatoms. The first kappa shape index (κ1) is 22.2. The molecule has 0 aliphatic heterocycles. The third-order valence-electron chi connectivity index (χ3n) is 6.34. The molecule has 3 rings (SSSR count). The average Bonchev–Trinajstić information content (AvgIpc) is 2.65. The van der Waals surface area contributed by atoms with Gasteiger partial charge in [0.25, 0.3) is 0 Å². The van der Waals surface area contributed by atoms with E-state index in [2.05, 4.69) is 63.6 Å². The van der Waals surface area contributed by atoms with Crippen molar-refractivity contribution in [3.05, 3.63) is 69.4 Å². The van der Waals surface area contributed by atoms with E-state index in [4.69, 9.17) is 9.16 Å². The van der Waals surface area contributed by atoms with Gasteiger partial charge in [0, 0.05) is 11.5 Å². The number of fused-ring (bicyclic) bond motifs is 1. The largest absolute Gasteiger partial charge is 0.544 e. The Balaban J connectivity index is 1.98. The summed E-state index contributed by atoms with van der Waals surface area (Å²) in [6.07, 6.45) is 0. The molecule has 4 nitrogen and oxygen atoms in total. The SMILES string of the molecule is COc1cc(=O)c2cc(C)c(C)cc2n1Cc1ccc(O[Si](C)(C)C(C)(C)C)cc1. The van der Waals surface area contributed by atoms with Gasteiger partial charge in [-0.2, -0.15) is 0 Å². The molecule has 0 unspecified atom stereocenters. The molecule has 0 radical (unpaired) electrons. The summed E-state index contributed by atoms with van der Waals surface area (Å²) in [7, 11) is -0.261. The van der Waals surface area contributed by atoms with Gasteiger partial charge < -0.3 is 13.7 Å². The van der Waals surface area contributed by atoms with Gasteiger partial charge in [-0.3, -0.25) is 4.79 Å². The maximum atomic E-state index is 12.6. The van der Waals surface area contributed by atoms with Crippen LogP contribution in [0.25, 0.3) is 10.9 Å². The standard InChI is InChI=1S/C25H33NO3Si/c1-17-13-21-22(14-18(17)2)26(24(28-6)15-23(21)27)16-19-9-11-20(12-10-19)29-30(7,8)25(3,4)5/h9-15H,16H2,1-8H3. The van der Waals surface area contributed by atoms with Crippen LogP contribution >= 0.6 is 0 Å². The monoisotopic (exact) mass is 423 g/mol. The maximum absolute atomic E-state index is 12.6. The number of aryl methyl sites for hydroxylation is 2. The number of hydrogen-bond acceptors (Lipinski definition) is 3. The topological polar surface area (TPSA) is 40.5 Å². The molecule has 1 aromatic heterocycles. The second kappa shape index (κ2) is 7.95. The van der Waals surface area contributed by atoms with Gasteiger partial charge in [-0.05, 0) is 72.9 Å². The van der Waals surface area contributed by atoms with Crippen LogP contribution in [-0.4, -0.2) is 20.0 Å². The second-order valence-electron chi connectivity index (χ2n) is 9.60.